The molecular weight excluding hydrogens is 294 g/mol. The third-order valence-electron chi connectivity index (χ3n) is 2.63. The number of amidine groups is 1. The monoisotopic (exact) mass is 305 g/mol. The smallest absolute Gasteiger partial charge is 0.349 e. The number of nitrogens with two attached hydrogens (primary N) is 1. The van der Waals surface area contributed by atoms with E-state index in [9.17, 15) is 9.59 Å². The molecule has 2 aromatic rings. The minimum atomic E-state index is -0.753. The van der Waals surface area contributed by atoms with E-state index in [-0.39, 0.29) is 17.3 Å². The summed E-state index contributed by atoms with van der Waals surface area (Å²) in [5.74, 6) is -1.30. The third-order valence-corrected chi connectivity index (χ3v) is 2.84. The summed E-state index contributed by atoms with van der Waals surface area (Å²) in [7, 11) is 0. The lowest BCUT2D eigenvalue weighted by Gasteiger charge is -2.03. The number of rotatable bonds is 4. The molecule has 21 heavy (non-hydrogen) atoms. The van der Waals surface area contributed by atoms with Gasteiger partial charge in [-0.15, -0.1) is 11.6 Å². The molecule has 0 amide bonds. The number of H-pyrrole nitrogens is 1. The number of nitrogens with one attached hydrogen (secondary N) is 1. The third kappa shape index (κ3) is 3.70. The van der Waals surface area contributed by atoms with Gasteiger partial charge < -0.3 is 15.6 Å². The van der Waals surface area contributed by atoms with Crippen LogP contribution in [-0.2, 0) is 9.63 Å². The van der Waals surface area contributed by atoms with Gasteiger partial charge in [-0.1, -0.05) is 35.5 Å². The van der Waals surface area contributed by atoms with Gasteiger partial charge >= 0.3 is 5.97 Å². The number of alkyl halides is 1. The van der Waals surface area contributed by atoms with E-state index in [0.717, 1.165) is 5.56 Å². The van der Waals surface area contributed by atoms with E-state index in [1.54, 1.807) is 6.07 Å². The molecule has 108 valence electrons. The van der Waals surface area contributed by atoms with Crippen molar-refractivity contribution < 1.29 is 9.63 Å². The predicted octanol–water partition coefficient (Wildman–Crippen LogP) is 1.44. The standard InChI is InChI=1S/C14H12ClN3O3/c15-8-12(19)21-18-13(16)10-6-7-11(17-14(10)20)9-4-2-1-3-5-9/h1-7H,8H2,(H2,16,18)(H,17,20). The SMILES string of the molecule is N/C(=N\OC(=O)CCl)c1ccc(-c2ccccc2)[nH]c1=O. The van der Waals surface area contributed by atoms with E-state index < -0.39 is 11.5 Å². The maximum absolute atomic E-state index is 12.0. The van der Waals surface area contributed by atoms with Gasteiger partial charge in [0.15, 0.2) is 5.84 Å². The van der Waals surface area contributed by atoms with E-state index in [1.165, 1.54) is 6.07 Å². The fourth-order valence-electron chi connectivity index (χ4n) is 1.64. The number of halogens is 1. The van der Waals surface area contributed by atoms with Crippen LogP contribution in [0.25, 0.3) is 11.3 Å². The number of oxime groups is 1. The van der Waals surface area contributed by atoms with Crippen molar-refractivity contribution in [3.63, 3.8) is 0 Å². The zero-order chi connectivity index (χ0) is 15.2. The lowest BCUT2D eigenvalue weighted by Crippen LogP contribution is -2.25. The lowest BCUT2D eigenvalue weighted by molar-refractivity contribution is -0.140. The zero-order valence-corrected chi connectivity index (χ0v) is 11.6. The van der Waals surface area contributed by atoms with Gasteiger partial charge in [0, 0.05) is 5.69 Å². The molecule has 3 N–H and O–H groups in total. The van der Waals surface area contributed by atoms with Crippen molar-refractivity contribution in [2.24, 2.45) is 10.9 Å². The summed E-state index contributed by atoms with van der Waals surface area (Å²) in [6.07, 6.45) is 0. The molecule has 0 atom stereocenters. The number of nitrogens with zero attached hydrogens (tertiary/aromatic N) is 1. The average molecular weight is 306 g/mol. The van der Waals surface area contributed by atoms with Crippen LogP contribution in [0, 0.1) is 0 Å². The molecular formula is C14H12ClN3O3. The Bertz CT molecular complexity index is 726. The average Bonchev–Trinajstić information content (AvgIpc) is 2.53. The molecule has 0 aliphatic rings. The van der Waals surface area contributed by atoms with Gasteiger partial charge in [-0.2, -0.15) is 0 Å². The summed E-state index contributed by atoms with van der Waals surface area (Å²) in [6.45, 7) is 0. The first kappa shape index (κ1) is 14.8. The van der Waals surface area contributed by atoms with Gasteiger partial charge in [0.05, 0.1) is 5.56 Å². The van der Waals surface area contributed by atoms with Gasteiger partial charge in [0.25, 0.3) is 5.56 Å². The molecule has 0 unspecified atom stereocenters. The van der Waals surface area contributed by atoms with Crippen LogP contribution in [0.3, 0.4) is 0 Å². The van der Waals surface area contributed by atoms with Crippen LogP contribution < -0.4 is 11.3 Å². The van der Waals surface area contributed by atoms with E-state index >= 15 is 0 Å². The molecule has 0 bridgehead atoms. The summed E-state index contributed by atoms with van der Waals surface area (Å²) in [4.78, 5) is 30.0. The van der Waals surface area contributed by atoms with Crippen LogP contribution in [0.1, 0.15) is 5.56 Å². The molecule has 0 aliphatic heterocycles. The molecule has 0 aliphatic carbocycles. The minimum Gasteiger partial charge on any atom is -0.380 e. The molecule has 1 aromatic carbocycles. The van der Waals surface area contributed by atoms with Crippen LogP contribution in [0.2, 0.25) is 0 Å². The zero-order valence-electron chi connectivity index (χ0n) is 10.9. The largest absolute Gasteiger partial charge is 0.380 e. The summed E-state index contributed by atoms with van der Waals surface area (Å²) < 4.78 is 0. The Balaban J connectivity index is 2.28. The molecule has 1 heterocycles. The maximum Gasteiger partial charge on any atom is 0.349 e. The van der Waals surface area contributed by atoms with Gasteiger partial charge in [0.1, 0.15) is 5.88 Å². The number of aromatic nitrogens is 1. The summed E-state index contributed by atoms with van der Waals surface area (Å²) >= 11 is 5.25. The van der Waals surface area contributed by atoms with Crippen molar-refractivity contribution in [3.05, 3.63) is 58.4 Å². The number of hydrogen-bond donors (Lipinski definition) is 2. The summed E-state index contributed by atoms with van der Waals surface area (Å²) in [5.41, 5.74) is 6.79. The minimum absolute atomic E-state index is 0.108. The van der Waals surface area contributed by atoms with Crippen LogP contribution >= 0.6 is 11.6 Å². The Morgan fingerprint density at radius 3 is 2.57 bits per heavy atom. The van der Waals surface area contributed by atoms with E-state index in [1.807, 2.05) is 30.3 Å². The molecule has 1 aromatic heterocycles. The Kier molecular flexibility index (Phi) is 4.73. The number of benzene rings is 1. The number of carbonyl (C=O) groups is 1. The van der Waals surface area contributed by atoms with Crippen LogP contribution in [0.5, 0.6) is 0 Å². The van der Waals surface area contributed by atoms with Crippen molar-refractivity contribution in [1.82, 2.24) is 4.98 Å². The fourth-order valence-corrected chi connectivity index (χ4v) is 1.68. The topological polar surface area (TPSA) is 97.5 Å². The van der Waals surface area contributed by atoms with E-state index in [0.29, 0.717) is 5.69 Å². The maximum atomic E-state index is 12.0. The molecule has 0 spiro atoms. The first-order valence-corrected chi connectivity index (χ1v) is 6.53. The molecule has 7 heteroatoms. The van der Waals surface area contributed by atoms with Gasteiger partial charge in [-0.05, 0) is 17.7 Å². The van der Waals surface area contributed by atoms with Crippen molar-refractivity contribution in [2.75, 3.05) is 5.88 Å². The Morgan fingerprint density at radius 2 is 1.95 bits per heavy atom. The highest BCUT2D eigenvalue weighted by molar-refractivity contribution is 6.26. The highest BCUT2D eigenvalue weighted by Gasteiger charge is 2.08. The van der Waals surface area contributed by atoms with E-state index in [2.05, 4.69) is 15.0 Å². The first-order valence-electron chi connectivity index (χ1n) is 6.00. The van der Waals surface area contributed by atoms with Gasteiger partial charge in [-0.3, -0.25) is 4.79 Å². The molecule has 0 saturated carbocycles. The van der Waals surface area contributed by atoms with Crippen molar-refractivity contribution in [3.8, 4) is 11.3 Å². The Labute approximate surface area is 125 Å². The highest BCUT2D eigenvalue weighted by Crippen LogP contribution is 2.14. The Hall–Kier alpha value is -2.60. The van der Waals surface area contributed by atoms with Gasteiger partial charge in [-0.25, -0.2) is 4.79 Å². The van der Waals surface area contributed by atoms with Crippen LogP contribution in [0.15, 0.2) is 52.4 Å². The molecule has 0 fully saturated rings. The lowest BCUT2D eigenvalue weighted by atomic mass is 10.1. The summed E-state index contributed by atoms with van der Waals surface area (Å²) in [5, 5.41) is 3.37. The van der Waals surface area contributed by atoms with Gasteiger partial charge in [0.2, 0.25) is 0 Å². The number of carbonyl (C=O) groups excluding carboxylic acids is 1. The molecule has 6 nitrogen and oxygen atoms in total. The predicted molar refractivity (Wildman–Crippen MR) is 80.0 cm³/mol. The number of pyridine rings is 1. The summed E-state index contributed by atoms with van der Waals surface area (Å²) in [6, 6.07) is 12.5. The normalized spacial score (nSPS) is 11.2. The molecule has 0 radical (unpaired) electrons. The highest BCUT2D eigenvalue weighted by atomic mass is 35.5. The second-order valence-electron chi connectivity index (χ2n) is 4.05. The number of aromatic amines is 1. The molecule has 2 rings (SSSR count). The van der Waals surface area contributed by atoms with Crippen molar-refractivity contribution in [2.45, 2.75) is 0 Å². The first-order chi connectivity index (χ1) is 10.1. The number of hydrogen-bond acceptors (Lipinski definition) is 4. The second-order valence-corrected chi connectivity index (χ2v) is 4.32. The quantitative estimate of drug-likeness (QED) is 0.294. The Morgan fingerprint density at radius 1 is 1.24 bits per heavy atom. The van der Waals surface area contributed by atoms with E-state index in [4.69, 9.17) is 17.3 Å². The van der Waals surface area contributed by atoms with Crippen LogP contribution in [-0.4, -0.2) is 22.7 Å². The van der Waals surface area contributed by atoms with Crippen LogP contribution in [0.4, 0.5) is 0 Å². The fraction of sp³-hybridized carbons (Fsp3) is 0.0714. The van der Waals surface area contributed by atoms with Crippen molar-refractivity contribution in [1.29, 1.82) is 0 Å². The second kappa shape index (κ2) is 6.71. The van der Waals surface area contributed by atoms with Crippen molar-refractivity contribution >= 4 is 23.4 Å². The molecule has 0 saturated heterocycles.